The topological polar surface area (TPSA) is 79.5 Å². The van der Waals surface area contributed by atoms with Crippen LogP contribution in [-0.4, -0.2) is 46.7 Å². The number of Topliss-reactive ketones (excluding diaryl/α,β-unsaturated/α-hetero) is 1. The Morgan fingerprint density at radius 2 is 1.83 bits per heavy atom. The lowest BCUT2D eigenvalue weighted by Crippen LogP contribution is -2.38. The van der Waals surface area contributed by atoms with Gasteiger partial charge in [0, 0.05) is 23.7 Å². The number of ether oxygens (including phenoxy) is 1. The highest BCUT2D eigenvalue weighted by molar-refractivity contribution is 6.04. The van der Waals surface area contributed by atoms with Crippen molar-refractivity contribution >= 4 is 17.7 Å². The van der Waals surface area contributed by atoms with Crippen molar-refractivity contribution in [2.45, 2.75) is 80.2 Å². The van der Waals surface area contributed by atoms with E-state index in [-0.39, 0.29) is 42.2 Å². The molecular weight excluding hydrogens is 368 g/mol. The van der Waals surface area contributed by atoms with E-state index >= 15 is 0 Å². The number of aryl methyl sites for hydroxylation is 1. The fourth-order valence-corrected chi connectivity index (χ4v) is 4.15. The first-order chi connectivity index (χ1) is 13.4. The van der Waals surface area contributed by atoms with Crippen LogP contribution in [-0.2, 0) is 9.53 Å². The Kier molecular flexibility index (Phi) is 7.30. The van der Waals surface area contributed by atoms with Gasteiger partial charge in [0.05, 0.1) is 13.2 Å². The molecule has 0 radical (unpaired) electrons. The number of carbonyl (C=O) groups is 3. The van der Waals surface area contributed by atoms with Crippen LogP contribution in [0.1, 0.15) is 92.4 Å². The Labute approximate surface area is 174 Å². The van der Waals surface area contributed by atoms with Gasteiger partial charge in [-0.2, -0.15) is 0 Å². The van der Waals surface area contributed by atoms with Gasteiger partial charge in [0.15, 0.2) is 5.78 Å². The van der Waals surface area contributed by atoms with E-state index in [1.54, 1.807) is 25.7 Å². The standard InChI is InChI=1S/C23H36N2O4/c1-8-29-22(28)21-15(3)20(16(4)24-21)18(26)13-25(17-9-10-17)19(27)11-14(2)12-23(5,6)7/h14,17,24H,8-13H2,1-7H3/t14-/m1/s1. The van der Waals surface area contributed by atoms with Crippen LogP contribution in [0.15, 0.2) is 0 Å². The molecule has 0 bridgehead atoms. The van der Waals surface area contributed by atoms with Crippen molar-refractivity contribution in [3.63, 3.8) is 0 Å². The summed E-state index contributed by atoms with van der Waals surface area (Å²) >= 11 is 0. The first-order valence-electron chi connectivity index (χ1n) is 10.6. The minimum Gasteiger partial charge on any atom is -0.461 e. The molecule has 1 atom stereocenters. The molecule has 1 saturated carbocycles. The molecule has 1 fully saturated rings. The summed E-state index contributed by atoms with van der Waals surface area (Å²) in [7, 11) is 0. The Hall–Kier alpha value is -2.11. The molecule has 6 heteroatoms. The minimum atomic E-state index is -0.460. The van der Waals surface area contributed by atoms with Crippen LogP contribution in [0.25, 0.3) is 0 Å². The number of carbonyl (C=O) groups excluding carboxylic acids is 3. The number of esters is 1. The SMILES string of the molecule is CCOC(=O)c1[nH]c(C)c(C(=O)CN(C(=O)C[C@@H](C)CC(C)(C)C)C2CC2)c1C. The number of hydrogen-bond acceptors (Lipinski definition) is 4. The van der Waals surface area contributed by atoms with Crippen molar-refractivity contribution in [1.29, 1.82) is 0 Å². The predicted octanol–water partition coefficient (Wildman–Crippen LogP) is 4.44. The Balaban J connectivity index is 2.12. The molecule has 0 aromatic carbocycles. The van der Waals surface area contributed by atoms with Gasteiger partial charge in [0.25, 0.3) is 0 Å². The summed E-state index contributed by atoms with van der Waals surface area (Å²) in [4.78, 5) is 42.9. The molecule has 0 spiro atoms. The third kappa shape index (κ3) is 6.18. The van der Waals surface area contributed by atoms with Gasteiger partial charge in [-0.05, 0) is 56.9 Å². The zero-order chi connectivity index (χ0) is 21.9. The number of amides is 1. The predicted molar refractivity (Wildman–Crippen MR) is 113 cm³/mol. The van der Waals surface area contributed by atoms with E-state index < -0.39 is 5.97 Å². The first kappa shape index (κ1) is 23.2. The number of ketones is 1. The molecule has 1 amide bonds. The van der Waals surface area contributed by atoms with Gasteiger partial charge < -0.3 is 14.6 Å². The van der Waals surface area contributed by atoms with Gasteiger partial charge in [-0.1, -0.05) is 27.7 Å². The van der Waals surface area contributed by atoms with Gasteiger partial charge in [0.1, 0.15) is 5.69 Å². The summed E-state index contributed by atoms with van der Waals surface area (Å²) in [6, 6.07) is 0.164. The van der Waals surface area contributed by atoms with Crippen LogP contribution in [0, 0.1) is 25.2 Å². The lowest BCUT2D eigenvalue weighted by Gasteiger charge is -2.26. The van der Waals surface area contributed by atoms with Crippen LogP contribution in [0.4, 0.5) is 0 Å². The summed E-state index contributed by atoms with van der Waals surface area (Å²) in [6.45, 7) is 14.2. The van der Waals surface area contributed by atoms with Crippen LogP contribution < -0.4 is 0 Å². The van der Waals surface area contributed by atoms with E-state index in [9.17, 15) is 14.4 Å². The van der Waals surface area contributed by atoms with Crippen molar-refractivity contribution in [3.05, 3.63) is 22.5 Å². The highest BCUT2D eigenvalue weighted by atomic mass is 16.5. The normalized spacial score (nSPS) is 15.1. The number of rotatable bonds is 9. The van der Waals surface area contributed by atoms with Gasteiger partial charge in [0.2, 0.25) is 5.91 Å². The van der Waals surface area contributed by atoms with Crippen LogP contribution in [0.2, 0.25) is 0 Å². The first-order valence-corrected chi connectivity index (χ1v) is 10.6. The van der Waals surface area contributed by atoms with Gasteiger partial charge >= 0.3 is 5.97 Å². The molecular formula is C23H36N2O4. The second kappa shape index (κ2) is 9.14. The summed E-state index contributed by atoms with van der Waals surface area (Å²) in [5, 5.41) is 0. The van der Waals surface area contributed by atoms with Crippen molar-refractivity contribution < 1.29 is 19.1 Å². The quantitative estimate of drug-likeness (QED) is 0.487. The molecule has 1 aliphatic rings. The van der Waals surface area contributed by atoms with E-state index in [1.165, 1.54) is 0 Å². The lowest BCUT2D eigenvalue weighted by atomic mass is 9.84. The van der Waals surface area contributed by atoms with E-state index in [4.69, 9.17) is 4.74 Å². The monoisotopic (exact) mass is 404 g/mol. The van der Waals surface area contributed by atoms with Crippen LogP contribution in [0.5, 0.6) is 0 Å². The van der Waals surface area contributed by atoms with Crippen LogP contribution in [0.3, 0.4) is 0 Å². The molecule has 1 aromatic rings. The van der Waals surface area contributed by atoms with Crippen molar-refractivity contribution in [3.8, 4) is 0 Å². The summed E-state index contributed by atoms with van der Waals surface area (Å²) in [5.74, 6) is -0.270. The molecule has 0 unspecified atom stereocenters. The molecule has 162 valence electrons. The molecule has 1 heterocycles. The molecule has 29 heavy (non-hydrogen) atoms. The number of H-pyrrole nitrogens is 1. The number of aromatic nitrogens is 1. The maximum Gasteiger partial charge on any atom is 0.355 e. The van der Waals surface area contributed by atoms with Gasteiger partial charge in [-0.15, -0.1) is 0 Å². The van der Waals surface area contributed by atoms with E-state index in [0.29, 0.717) is 28.9 Å². The van der Waals surface area contributed by atoms with Crippen molar-refractivity contribution in [2.75, 3.05) is 13.2 Å². The number of hydrogen-bond donors (Lipinski definition) is 1. The summed E-state index contributed by atoms with van der Waals surface area (Å²) in [5.41, 5.74) is 2.21. The fourth-order valence-electron chi connectivity index (χ4n) is 4.15. The average Bonchev–Trinajstić information content (AvgIpc) is 3.35. The Bertz CT molecular complexity index is 769. The van der Waals surface area contributed by atoms with Crippen LogP contribution >= 0.6 is 0 Å². The molecule has 1 aromatic heterocycles. The van der Waals surface area contributed by atoms with E-state index in [2.05, 4.69) is 32.7 Å². The van der Waals surface area contributed by atoms with Crippen molar-refractivity contribution in [2.24, 2.45) is 11.3 Å². The molecule has 1 N–H and O–H groups in total. The van der Waals surface area contributed by atoms with E-state index in [1.807, 2.05) is 0 Å². The number of nitrogens with zero attached hydrogens (tertiary/aromatic N) is 1. The maximum absolute atomic E-state index is 13.1. The lowest BCUT2D eigenvalue weighted by molar-refractivity contribution is -0.132. The summed E-state index contributed by atoms with van der Waals surface area (Å²) < 4.78 is 5.06. The highest BCUT2D eigenvalue weighted by Crippen LogP contribution is 2.31. The third-order valence-electron chi connectivity index (χ3n) is 5.30. The zero-order valence-corrected chi connectivity index (χ0v) is 19.0. The summed E-state index contributed by atoms with van der Waals surface area (Å²) in [6.07, 6.45) is 3.32. The van der Waals surface area contributed by atoms with Crippen molar-refractivity contribution in [1.82, 2.24) is 9.88 Å². The van der Waals surface area contributed by atoms with Gasteiger partial charge in [-0.3, -0.25) is 9.59 Å². The molecule has 6 nitrogen and oxygen atoms in total. The minimum absolute atomic E-state index is 0.0501. The second-order valence-electron chi connectivity index (χ2n) is 9.60. The zero-order valence-electron chi connectivity index (χ0n) is 19.0. The Morgan fingerprint density at radius 3 is 2.34 bits per heavy atom. The average molecular weight is 405 g/mol. The molecule has 1 aliphatic carbocycles. The molecule has 0 aliphatic heterocycles. The fraction of sp³-hybridized carbons (Fsp3) is 0.696. The third-order valence-corrected chi connectivity index (χ3v) is 5.30. The molecule has 0 saturated heterocycles. The second-order valence-corrected chi connectivity index (χ2v) is 9.60. The largest absolute Gasteiger partial charge is 0.461 e. The van der Waals surface area contributed by atoms with E-state index in [0.717, 1.165) is 19.3 Å². The smallest absolute Gasteiger partial charge is 0.355 e. The number of nitrogens with one attached hydrogen (secondary N) is 1. The highest BCUT2D eigenvalue weighted by Gasteiger charge is 2.35. The maximum atomic E-state index is 13.1. The Morgan fingerprint density at radius 1 is 1.21 bits per heavy atom. The van der Waals surface area contributed by atoms with Gasteiger partial charge in [-0.25, -0.2) is 4.79 Å². The molecule has 2 rings (SSSR count). The number of aromatic amines is 1.